The van der Waals surface area contributed by atoms with Gasteiger partial charge >= 0.3 is 5.97 Å². The van der Waals surface area contributed by atoms with Crippen LogP contribution in [-0.4, -0.2) is 29.9 Å². The summed E-state index contributed by atoms with van der Waals surface area (Å²) in [6.07, 6.45) is 1.03. The summed E-state index contributed by atoms with van der Waals surface area (Å²) in [5.74, 6) is -0.478. The van der Waals surface area contributed by atoms with Gasteiger partial charge in [-0.1, -0.05) is 60.2 Å². The van der Waals surface area contributed by atoms with E-state index in [-0.39, 0.29) is 30.7 Å². The van der Waals surface area contributed by atoms with Gasteiger partial charge in [0.25, 0.3) is 0 Å². The monoisotopic (exact) mass is 484 g/mol. The summed E-state index contributed by atoms with van der Waals surface area (Å²) in [5, 5.41) is 3.60. The van der Waals surface area contributed by atoms with Crippen molar-refractivity contribution < 1.29 is 14.3 Å². The molecule has 1 aliphatic heterocycles. The van der Waals surface area contributed by atoms with Crippen molar-refractivity contribution in [1.82, 2.24) is 4.90 Å². The third kappa shape index (κ3) is 6.22. The van der Waals surface area contributed by atoms with E-state index in [2.05, 4.69) is 34.5 Å². The molecule has 0 bridgehead atoms. The molecule has 2 aromatic carbocycles. The Morgan fingerprint density at radius 3 is 2.58 bits per heavy atom. The first-order valence-corrected chi connectivity index (χ1v) is 11.8. The van der Waals surface area contributed by atoms with Crippen LogP contribution >= 0.6 is 23.7 Å². The summed E-state index contributed by atoms with van der Waals surface area (Å²) < 4.78 is 5.33. The van der Waals surface area contributed by atoms with E-state index >= 15 is 0 Å². The van der Waals surface area contributed by atoms with Crippen LogP contribution in [0.3, 0.4) is 0 Å². The molecule has 1 aliphatic rings. The van der Waals surface area contributed by atoms with Gasteiger partial charge in [-0.2, -0.15) is 0 Å². The quantitative estimate of drug-likeness (QED) is 0.456. The van der Waals surface area contributed by atoms with Gasteiger partial charge in [-0.25, -0.2) is 4.79 Å². The van der Waals surface area contributed by atoms with Gasteiger partial charge in [0.05, 0.1) is 18.6 Å². The molecule has 0 saturated carbocycles. The summed E-state index contributed by atoms with van der Waals surface area (Å²) in [7, 11) is 0. The van der Waals surface area contributed by atoms with E-state index in [0.717, 1.165) is 47.6 Å². The molecule has 0 radical (unpaired) electrons. The van der Waals surface area contributed by atoms with Crippen LogP contribution in [0.15, 0.2) is 54.6 Å². The van der Waals surface area contributed by atoms with Crippen LogP contribution in [-0.2, 0) is 35.5 Å². The Morgan fingerprint density at radius 2 is 1.85 bits per heavy atom. The Kier molecular flexibility index (Phi) is 8.67. The largest absolute Gasteiger partial charge is 0.462 e. The number of carbonyl (C=O) groups is 2. The first-order chi connectivity index (χ1) is 15.5. The second-order valence-electron chi connectivity index (χ2n) is 8.09. The second-order valence-corrected chi connectivity index (χ2v) is 9.19. The number of rotatable bonds is 7. The molecule has 1 amide bonds. The summed E-state index contributed by atoms with van der Waals surface area (Å²) in [4.78, 5) is 29.1. The van der Waals surface area contributed by atoms with Gasteiger partial charge in [0, 0.05) is 24.5 Å². The van der Waals surface area contributed by atoms with Gasteiger partial charge in [0.1, 0.15) is 5.00 Å². The maximum atomic E-state index is 12.8. The Labute approximate surface area is 205 Å². The molecular weight excluding hydrogens is 456 g/mol. The van der Waals surface area contributed by atoms with E-state index in [1.54, 1.807) is 6.92 Å². The van der Waals surface area contributed by atoms with Crippen LogP contribution in [0, 0.1) is 6.92 Å². The average Bonchev–Trinajstić information content (AvgIpc) is 3.11. The van der Waals surface area contributed by atoms with Gasteiger partial charge in [-0.15, -0.1) is 23.7 Å². The topological polar surface area (TPSA) is 58.6 Å². The van der Waals surface area contributed by atoms with Crippen LogP contribution in [0.1, 0.15) is 44.4 Å². The molecule has 0 saturated heterocycles. The van der Waals surface area contributed by atoms with E-state index in [4.69, 9.17) is 4.74 Å². The molecule has 1 aromatic heterocycles. The zero-order valence-electron chi connectivity index (χ0n) is 18.9. The number of benzene rings is 2. The number of anilines is 1. The summed E-state index contributed by atoms with van der Waals surface area (Å²) >= 11 is 1.50. The number of thiophene rings is 1. The van der Waals surface area contributed by atoms with E-state index in [1.165, 1.54) is 16.9 Å². The second kappa shape index (κ2) is 11.5. The lowest BCUT2D eigenvalue weighted by atomic mass is 10.0. The van der Waals surface area contributed by atoms with E-state index in [9.17, 15) is 9.59 Å². The molecule has 0 fully saturated rings. The number of ether oxygens (including phenoxy) is 1. The van der Waals surface area contributed by atoms with Gasteiger partial charge in [0.15, 0.2) is 0 Å². The number of nitrogens with one attached hydrogen (secondary N) is 1. The Balaban J connectivity index is 0.00000306. The molecule has 0 unspecified atom stereocenters. The van der Waals surface area contributed by atoms with E-state index < -0.39 is 0 Å². The van der Waals surface area contributed by atoms with Crippen molar-refractivity contribution in [2.75, 3.05) is 18.5 Å². The fourth-order valence-electron chi connectivity index (χ4n) is 4.12. The Hall–Kier alpha value is -2.67. The number of fused-ring (bicyclic) bond motifs is 1. The number of nitrogens with zero attached hydrogens (tertiary/aromatic N) is 1. The first kappa shape index (κ1) is 25.0. The zero-order valence-corrected chi connectivity index (χ0v) is 20.6. The lowest BCUT2D eigenvalue weighted by Crippen LogP contribution is -2.30. The Morgan fingerprint density at radius 1 is 1.09 bits per heavy atom. The number of esters is 1. The van der Waals surface area contributed by atoms with Crippen LogP contribution in [0.2, 0.25) is 0 Å². The number of halogens is 1. The highest BCUT2D eigenvalue weighted by atomic mass is 35.5. The number of amides is 1. The first-order valence-electron chi connectivity index (χ1n) is 11.0. The number of aryl methyl sites for hydroxylation is 1. The van der Waals surface area contributed by atoms with Crippen molar-refractivity contribution in [3.63, 3.8) is 0 Å². The minimum Gasteiger partial charge on any atom is -0.462 e. The molecule has 174 valence electrons. The number of hydrogen-bond donors (Lipinski definition) is 1. The summed E-state index contributed by atoms with van der Waals surface area (Å²) in [5.41, 5.74) is 4.89. The molecule has 1 N–H and O–H groups in total. The van der Waals surface area contributed by atoms with Crippen molar-refractivity contribution in [2.24, 2.45) is 0 Å². The van der Waals surface area contributed by atoms with Gasteiger partial charge in [-0.3, -0.25) is 9.69 Å². The zero-order chi connectivity index (χ0) is 22.5. The highest BCUT2D eigenvalue weighted by Crippen LogP contribution is 2.38. The van der Waals surface area contributed by atoms with Gasteiger partial charge in [-0.05, 0) is 37.0 Å². The van der Waals surface area contributed by atoms with Crippen LogP contribution in [0.25, 0.3) is 0 Å². The molecule has 7 heteroatoms. The SMILES string of the molecule is CCOC(=O)c1c(NC(=O)Cc2cccc(C)c2)sc2c1CCN(Cc1ccccc1)C2.Cl. The van der Waals surface area contributed by atoms with E-state index in [1.807, 2.05) is 37.3 Å². The molecule has 33 heavy (non-hydrogen) atoms. The molecule has 0 spiro atoms. The third-order valence-electron chi connectivity index (χ3n) is 5.56. The number of hydrogen-bond acceptors (Lipinski definition) is 5. The van der Waals surface area contributed by atoms with Crippen LogP contribution in [0.5, 0.6) is 0 Å². The highest BCUT2D eigenvalue weighted by Gasteiger charge is 2.29. The Bertz CT molecular complexity index is 1110. The molecule has 3 aromatic rings. The van der Waals surface area contributed by atoms with Gasteiger partial charge < -0.3 is 10.1 Å². The molecule has 0 aliphatic carbocycles. The lowest BCUT2D eigenvalue weighted by Gasteiger charge is -2.27. The smallest absolute Gasteiger partial charge is 0.341 e. The normalized spacial score (nSPS) is 13.0. The van der Waals surface area contributed by atoms with Crippen molar-refractivity contribution in [3.8, 4) is 0 Å². The highest BCUT2D eigenvalue weighted by molar-refractivity contribution is 7.17. The fourth-order valence-corrected chi connectivity index (χ4v) is 5.41. The van der Waals surface area contributed by atoms with Crippen molar-refractivity contribution in [2.45, 2.75) is 39.8 Å². The van der Waals surface area contributed by atoms with Crippen molar-refractivity contribution >= 4 is 40.6 Å². The standard InChI is InChI=1S/C26H28N2O3S.ClH/c1-3-31-26(30)24-21-12-13-28(16-19-9-5-4-6-10-19)17-22(21)32-25(24)27-23(29)15-20-11-7-8-18(2)14-20;/h4-11,14H,3,12-13,15-17H2,1-2H3,(H,27,29);1H. The molecule has 4 rings (SSSR count). The van der Waals surface area contributed by atoms with Crippen molar-refractivity contribution in [3.05, 3.63) is 87.3 Å². The summed E-state index contributed by atoms with van der Waals surface area (Å²) in [6, 6.07) is 18.3. The predicted molar refractivity (Wildman–Crippen MR) is 135 cm³/mol. The molecule has 2 heterocycles. The van der Waals surface area contributed by atoms with Gasteiger partial charge in [0.2, 0.25) is 5.91 Å². The minimum absolute atomic E-state index is 0. The molecule has 5 nitrogen and oxygen atoms in total. The van der Waals surface area contributed by atoms with Crippen molar-refractivity contribution in [1.29, 1.82) is 0 Å². The van der Waals surface area contributed by atoms with E-state index in [0.29, 0.717) is 17.2 Å². The fraction of sp³-hybridized carbons (Fsp3) is 0.308. The third-order valence-corrected chi connectivity index (χ3v) is 6.70. The van der Waals surface area contributed by atoms with Crippen LogP contribution < -0.4 is 5.32 Å². The lowest BCUT2D eigenvalue weighted by molar-refractivity contribution is -0.115. The maximum Gasteiger partial charge on any atom is 0.341 e. The maximum absolute atomic E-state index is 12.8. The number of carbonyl (C=O) groups excluding carboxylic acids is 2. The summed E-state index contributed by atoms with van der Waals surface area (Å²) in [6.45, 7) is 6.60. The molecule has 0 atom stereocenters. The average molecular weight is 485 g/mol. The van der Waals surface area contributed by atoms with Crippen LogP contribution in [0.4, 0.5) is 5.00 Å². The molecular formula is C26H29ClN2O3S. The predicted octanol–water partition coefficient (Wildman–Crippen LogP) is 5.39. The minimum atomic E-state index is -0.354.